The summed E-state index contributed by atoms with van der Waals surface area (Å²) in [7, 11) is 0. The molecule has 0 aromatic carbocycles. The van der Waals surface area contributed by atoms with Crippen LogP contribution in [0, 0.1) is 0 Å². The molecular weight excluding hydrogens is 324 g/mol. The average Bonchev–Trinajstić information content (AvgIpc) is 3.23. The van der Waals surface area contributed by atoms with E-state index in [4.69, 9.17) is 5.11 Å². The molecule has 1 N–H and O–H groups in total. The van der Waals surface area contributed by atoms with Crippen molar-refractivity contribution in [1.82, 2.24) is 29.4 Å². The maximum absolute atomic E-state index is 12.6. The van der Waals surface area contributed by atoms with Gasteiger partial charge in [-0.15, -0.1) is 0 Å². The number of carboxylic acid groups (broad SMARTS) is 1. The normalized spacial score (nSPS) is 15.5. The number of rotatable bonds is 6. The quantitative estimate of drug-likeness (QED) is 0.799. The highest BCUT2D eigenvalue weighted by atomic mass is 16.4. The summed E-state index contributed by atoms with van der Waals surface area (Å²) in [6.45, 7) is 6.18. The monoisotopic (exact) mass is 346 g/mol. The number of hydrogen-bond acceptors (Lipinski definition) is 5. The van der Waals surface area contributed by atoms with E-state index in [9.17, 15) is 9.59 Å². The third kappa shape index (κ3) is 4.05. The van der Waals surface area contributed by atoms with Crippen molar-refractivity contribution in [3.8, 4) is 0 Å². The summed E-state index contributed by atoms with van der Waals surface area (Å²) >= 11 is 0. The molecule has 1 aliphatic heterocycles. The zero-order valence-corrected chi connectivity index (χ0v) is 14.2. The molecule has 1 fully saturated rings. The summed E-state index contributed by atoms with van der Waals surface area (Å²) in [5.74, 6) is -1.19. The molecule has 9 nitrogen and oxygen atoms in total. The molecule has 0 aliphatic carbocycles. The van der Waals surface area contributed by atoms with E-state index in [1.54, 1.807) is 11.0 Å². The van der Waals surface area contributed by atoms with Gasteiger partial charge in [-0.25, -0.2) is 4.68 Å². The number of aromatic nitrogens is 4. The number of piperazine rings is 1. The Kier molecular flexibility index (Phi) is 5.13. The number of nitrogens with zero attached hydrogens (tertiary/aromatic N) is 6. The van der Waals surface area contributed by atoms with E-state index in [-0.39, 0.29) is 12.5 Å². The number of hydrogen-bond donors (Lipinski definition) is 1. The Morgan fingerprint density at radius 3 is 2.60 bits per heavy atom. The van der Waals surface area contributed by atoms with E-state index in [1.807, 2.05) is 17.1 Å². The number of carbonyl (C=O) groups excluding carboxylic acids is 1. The molecule has 0 saturated carbocycles. The Morgan fingerprint density at radius 2 is 1.96 bits per heavy atom. The first-order valence-corrected chi connectivity index (χ1v) is 8.33. The van der Waals surface area contributed by atoms with E-state index >= 15 is 0 Å². The molecule has 0 radical (unpaired) electrons. The van der Waals surface area contributed by atoms with Gasteiger partial charge in [-0.2, -0.15) is 10.2 Å². The lowest BCUT2D eigenvalue weighted by Crippen LogP contribution is -2.48. The SMILES string of the molecule is CCn1cc(CN2CCN(C(=O)c3ccnn3CC(=O)O)CC2)cn1. The first-order chi connectivity index (χ1) is 12.1. The number of aliphatic carboxylic acids is 1. The second-order valence-electron chi connectivity index (χ2n) is 6.04. The van der Waals surface area contributed by atoms with E-state index < -0.39 is 5.97 Å². The summed E-state index contributed by atoms with van der Waals surface area (Å²) in [6, 6.07) is 1.57. The number of aryl methyl sites for hydroxylation is 1. The molecule has 1 amide bonds. The molecule has 2 aromatic heterocycles. The minimum atomic E-state index is -1.02. The zero-order chi connectivity index (χ0) is 17.8. The Balaban J connectivity index is 1.56. The largest absolute Gasteiger partial charge is 0.480 e. The lowest BCUT2D eigenvalue weighted by Gasteiger charge is -2.34. The average molecular weight is 346 g/mol. The van der Waals surface area contributed by atoms with Crippen molar-refractivity contribution in [2.24, 2.45) is 0 Å². The van der Waals surface area contributed by atoms with Gasteiger partial charge in [0.25, 0.3) is 5.91 Å². The Hall–Kier alpha value is -2.68. The van der Waals surface area contributed by atoms with Gasteiger partial charge in [0, 0.05) is 57.2 Å². The standard InChI is InChI=1S/C16H22N6O3/c1-2-21-11-13(9-18-21)10-19-5-7-20(8-6-19)16(25)14-3-4-17-22(14)12-15(23)24/h3-4,9,11H,2,5-8,10,12H2,1H3,(H,23,24). The second-order valence-corrected chi connectivity index (χ2v) is 6.04. The van der Waals surface area contributed by atoms with Crippen LogP contribution in [0.2, 0.25) is 0 Å². The molecule has 0 atom stereocenters. The van der Waals surface area contributed by atoms with Crippen LogP contribution in [0.5, 0.6) is 0 Å². The van der Waals surface area contributed by atoms with Crippen molar-refractivity contribution in [1.29, 1.82) is 0 Å². The highest BCUT2D eigenvalue weighted by Crippen LogP contribution is 2.11. The smallest absolute Gasteiger partial charge is 0.325 e. The van der Waals surface area contributed by atoms with Crippen LogP contribution < -0.4 is 0 Å². The summed E-state index contributed by atoms with van der Waals surface area (Å²) in [6.07, 6.45) is 5.38. The van der Waals surface area contributed by atoms with Crippen molar-refractivity contribution >= 4 is 11.9 Å². The van der Waals surface area contributed by atoms with Crippen LogP contribution in [0.3, 0.4) is 0 Å². The molecule has 3 rings (SSSR count). The van der Waals surface area contributed by atoms with Gasteiger partial charge in [0.05, 0.1) is 6.20 Å². The van der Waals surface area contributed by atoms with Crippen molar-refractivity contribution in [2.45, 2.75) is 26.6 Å². The fourth-order valence-corrected chi connectivity index (χ4v) is 2.96. The second kappa shape index (κ2) is 7.47. The molecule has 3 heterocycles. The van der Waals surface area contributed by atoms with Crippen molar-refractivity contribution in [3.05, 3.63) is 35.9 Å². The first-order valence-electron chi connectivity index (χ1n) is 8.33. The number of carboxylic acids is 1. The van der Waals surface area contributed by atoms with Crippen LogP contribution >= 0.6 is 0 Å². The van der Waals surface area contributed by atoms with Gasteiger partial charge >= 0.3 is 5.97 Å². The topological polar surface area (TPSA) is 96.5 Å². The molecule has 134 valence electrons. The lowest BCUT2D eigenvalue weighted by molar-refractivity contribution is -0.137. The van der Waals surface area contributed by atoms with Crippen LogP contribution in [-0.4, -0.2) is 72.5 Å². The van der Waals surface area contributed by atoms with E-state index in [0.29, 0.717) is 18.8 Å². The Bertz CT molecular complexity index is 745. The van der Waals surface area contributed by atoms with Crippen LogP contribution in [0.1, 0.15) is 23.0 Å². The summed E-state index contributed by atoms with van der Waals surface area (Å²) in [5.41, 5.74) is 1.49. The molecule has 1 aliphatic rings. The van der Waals surface area contributed by atoms with Crippen molar-refractivity contribution in [3.63, 3.8) is 0 Å². The molecule has 1 saturated heterocycles. The summed E-state index contributed by atoms with van der Waals surface area (Å²) in [5, 5.41) is 17.1. The molecule has 2 aromatic rings. The van der Waals surface area contributed by atoms with E-state index in [0.717, 1.165) is 26.2 Å². The summed E-state index contributed by atoms with van der Waals surface area (Å²) in [4.78, 5) is 27.5. The van der Waals surface area contributed by atoms with Crippen LogP contribution in [0.4, 0.5) is 0 Å². The van der Waals surface area contributed by atoms with Gasteiger partial charge in [0.1, 0.15) is 12.2 Å². The highest BCUT2D eigenvalue weighted by molar-refractivity contribution is 5.93. The third-order valence-corrected chi connectivity index (χ3v) is 4.30. The first kappa shape index (κ1) is 17.2. The van der Waals surface area contributed by atoms with Crippen molar-refractivity contribution < 1.29 is 14.7 Å². The lowest BCUT2D eigenvalue weighted by atomic mass is 10.2. The van der Waals surface area contributed by atoms with Gasteiger partial charge < -0.3 is 10.0 Å². The molecular formula is C16H22N6O3. The molecule has 25 heavy (non-hydrogen) atoms. The molecule has 0 unspecified atom stereocenters. The maximum Gasteiger partial charge on any atom is 0.325 e. The minimum absolute atomic E-state index is 0.169. The molecule has 0 spiro atoms. The van der Waals surface area contributed by atoms with Gasteiger partial charge in [-0.3, -0.25) is 19.2 Å². The highest BCUT2D eigenvalue weighted by Gasteiger charge is 2.25. The molecule has 9 heteroatoms. The van der Waals surface area contributed by atoms with Crippen LogP contribution in [0.15, 0.2) is 24.7 Å². The zero-order valence-electron chi connectivity index (χ0n) is 14.2. The fourth-order valence-electron chi connectivity index (χ4n) is 2.96. The van der Waals surface area contributed by atoms with E-state index in [2.05, 4.69) is 22.0 Å². The van der Waals surface area contributed by atoms with Crippen molar-refractivity contribution in [2.75, 3.05) is 26.2 Å². The van der Waals surface area contributed by atoms with Gasteiger partial charge in [-0.1, -0.05) is 0 Å². The van der Waals surface area contributed by atoms with E-state index in [1.165, 1.54) is 16.4 Å². The molecule has 0 bridgehead atoms. The predicted octanol–water partition coefficient (Wildman–Crippen LogP) is 0.142. The maximum atomic E-state index is 12.6. The number of amides is 1. The Morgan fingerprint density at radius 1 is 1.20 bits per heavy atom. The van der Waals surface area contributed by atoms with Crippen LogP contribution in [-0.2, 0) is 24.4 Å². The fraction of sp³-hybridized carbons (Fsp3) is 0.500. The Labute approximate surface area is 145 Å². The summed E-state index contributed by atoms with van der Waals surface area (Å²) < 4.78 is 3.13. The van der Waals surface area contributed by atoms with Gasteiger partial charge in [0.15, 0.2) is 0 Å². The van der Waals surface area contributed by atoms with Gasteiger partial charge in [0.2, 0.25) is 0 Å². The van der Waals surface area contributed by atoms with Gasteiger partial charge in [-0.05, 0) is 13.0 Å². The minimum Gasteiger partial charge on any atom is -0.480 e. The number of carbonyl (C=O) groups is 2. The predicted molar refractivity (Wildman–Crippen MR) is 88.9 cm³/mol. The van der Waals surface area contributed by atoms with Crippen LogP contribution in [0.25, 0.3) is 0 Å². The third-order valence-electron chi connectivity index (χ3n) is 4.30.